The Kier molecular flexibility index (Phi) is 4.31. The fourth-order valence-electron chi connectivity index (χ4n) is 7.47. The SMILES string of the molecule is COc1ccc(C(=O)[C@@H]2[C@H]3CCCN3[C@]3(C(=O)Nc4ccccc43)[C@@]23C(=O)Nc2ccccc23)cc1. The predicted octanol–water partition coefficient (Wildman–Crippen LogP) is 3.71. The van der Waals surface area contributed by atoms with Crippen molar-refractivity contribution in [2.75, 3.05) is 24.3 Å². The highest BCUT2D eigenvalue weighted by atomic mass is 16.5. The summed E-state index contributed by atoms with van der Waals surface area (Å²) in [6.07, 6.45) is 1.59. The van der Waals surface area contributed by atoms with Gasteiger partial charge in [-0.3, -0.25) is 19.3 Å². The van der Waals surface area contributed by atoms with E-state index < -0.39 is 16.9 Å². The number of fused-ring (bicyclic) bond motifs is 7. The van der Waals surface area contributed by atoms with E-state index in [1.807, 2.05) is 48.5 Å². The molecule has 7 heteroatoms. The van der Waals surface area contributed by atoms with Gasteiger partial charge in [-0.05, 0) is 61.3 Å². The molecule has 2 amide bonds. The van der Waals surface area contributed by atoms with Gasteiger partial charge >= 0.3 is 0 Å². The average molecular weight is 480 g/mol. The van der Waals surface area contributed by atoms with Crippen LogP contribution in [-0.2, 0) is 20.5 Å². The molecule has 4 aliphatic rings. The molecule has 4 aliphatic heterocycles. The second-order valence-electron chi connectivity index (χ2n) is 9.99. The molecule has 3 aromatic rings. The monoisotopic (exact) mass is 479 g/mol. The summed E-state index contributed by atoms with van der Waals surface area (Å²) >= 11 is 0. The van der Waals surface area contributed by atoms with Crippen molar-refractivity contribution < 1.29 is 19.1 Å². The number of anilines is 2. The number of Topliss-reactive ketones (excluding diaryl/α,β-unsaturated/α-hetero) is 1. The largest absolute Gasteiger partial charge is 0.497 e. The standard InChI is InChI=1S/C29H25N3O4/c1-36-18-14-12-17(13-15-18)25(33)24-23-11-6-16-32(23)29(20-8-3-5-10-22(20)31-27(29)35)28(24)19-7-2-4-9-21(19)30-26(28)34/h2-5,7-10,12-15,23-24H,6,11,16H2,1H3,(H,30,34)(H,31,35)/t23-,24+,28-,29-/m1/s1. The summed E-state index contributed by atoms with van der Waals surface area (Å²) in [7, 11) is 1.58. The van der Waals surface area contributed by atoms with E-state index in [4.69, 9.17) is 4.74 Å². The van der Waals surface area contributed by atoms with Crippen LogP contribution < -0.4 is 15.4 Å². The molecule has 0 saturated carbocycles. The molecule has 2 fully saturated rings. The molecule has 0 radical (unpaired) electrons. The van der Waals surface area contributed by atoms with Gasteiger partial charge in [0.25, 0.3) is 5.91 Å². The van der Waals surface area contributed by atoms with E-state index in [2.05, 4.69) is 15.5 Å². The summed E-state index contributed by atoms with van der Waals surface area (Å²) in [4.78, 5) is 45.2. The quantitative estimate of drug-likeness (QED) is 0.560. The molecule has 2 spiro atoms. The van der Waals surface area contributed by atoms with Gasteiger partial charge in [0.1, 0.15) is 16.7 Å². The van der Waals surface area contributed by atoms with Crippen molar-refractivity contribution >= 4 is 29.0 Å². The van der Waals surface area contributed by atoms with Gasteiger partial charge in [0.05, 0.1) is 13.0 Å². The lowest BCUT2D eigenvalue weighted by Crippen LogP contribution is -2.62. The molecule has 7 nitrogen and oxygen atoms in total. The number of nitrogens with zero attached hydrogens (tertiary/aromatic N) is 1. The Balaban J connectivity index is 1.56. The minimum absolute atomic E-state index is 0.129. The molecule has 2 saturated heterocycles. The first-order valence-electron chi connectivity index (χ1n) is 12.3. The minimum Gasteiger partial charge on any atom is -0.497 e. The first-order valence-corrected chi connectivity index (χ1v) is 12.3. The Morgan fingerprint density at radius 2 is 1.53 bits per heavy atom. The molecule has 0 unspecified atom stereocenters. The Hall–Kier alpha value is -3.97. The van der Waals surface area contributed by atoms with Crippen molar-refractivity contribution in [1.82, 2.24) is 4.90 Å². The van der Waals surface area contributed by atoms with Crippen molar-refractivity contribution in [3.05, 3.63) is 89.5 Å². The molecule has 2 N–H and O–H groups in total. The number of nitrogens with one attached hydrogen (secondary N) is 2. The number of hydrogen-bond donors (Lipinski definition) is 2. The van der Waals surface area contributed by atoms with Gasteiger partial charge in [-0.25, -0.2) is 0 Å². The maximum atomic E-state index is 14.5. The number of para-hydroxylation sites is 2. The highest BCUT2D eigenvalue weighted by molar-refractivity contribution is 6.21. The zero-order valence-electron chi connectivity index (χ0n) is 19.8. The van der Waals surface area contributed by atoms with E-state index in [1.54, 1.807) is 31.4 Å². The third-order valence-corrected chi connectivity index (χ3v) is 8.66. The summed E-state index contributed by atoms with van der Waals surface area (Å²) < 4.78 is 5.29. The van der Waals surface area contributed by atoms with Crippen LogP contribution in [0.5, 0.6) is 5.75 Å². The summed E-state index contributed by atoms with van der Waals surface area (Å²) in [6, 6.07) is 21.9. The highest BCUT2D eigenvalue weighted by Crippen LogP contribution is 2.67. The third-order valence-electron chi connectivity index (χ3n) is 8.66. The lowest BCUT2D eigenvalue weighted by atomic mass is 9.57. The molecular formula is C29H25N3O4. The number of carbonyl (C=O) groups is 3. The predicted molar refractivity (Wildman–Crippen MR) is 134 cm³/mol. The lowest BCUT2D eigenvalue weighted by molar-refractivity contribution is -0.137. The topological polar surface area (TPSA) is 87.7 Å². The molecule has 0 aromatic heterocycles. The van der Waals surface area contributed by atoms with E-state index in [-0.39, 0.29) is 23.6 Å². The molecule has 0 bridgehead atoms. The van der Waals surface area contributed by atoms with Gasteiger partial charge in [-0.1, -0.05) is 36.4 Å². The molecule has 180 valence electrons. The van der Waals surface area contributed by atoms with Crippen LogP contribution in [0, 0.1) is 5.92 Å². The van der Waals surface area contributed by atoms with Crippen molar-refractivity contribution in [3.63, 3.8) is 0 Å². The van der Waals surface area contributed by atoms with Gasteiger partial charge in [0, 0.05) is 28.5 Å². The van der Waals surface area contributed by atoms with Gasteiger partial charge in [0.15, 0.2) is 5.78 Å². The van der Waals surface area contributed by atoms with Crippen molar-refractivity contribution in [2.24, 2.45) is 5.92 Å². The summed E-state index contributed by atoms with van der Waals surface area (Å²) in [5, 5.41) is 6.13. The first kappa shape index (κ1) is 21.3. The molecule has 4 atom stereocenters. The Morgan fingerprint density at radius 3 is 2.25 bits per heavy atom. The maximum Gasteiger partial charge on any atom is 0.251 e. The second kappa shape index (κ2) is 7.27. The zero-order chi connectivity index (χ0) is 24.7. The molecule has 3 aromatic carbocycles. The van der Waals surface area contributed by atoms with Crippen LogP contribution in [0.2, 0.25) is 0 Å². The summed E-state index contributed by atoms with van der Waals surface area (Å²) in [6.45, 7) is 0.635. The van der Waals surface area contributed by atoms with E-state index in [0.717, 1.165) is 18.4 Å². The fourth-order valence-corrected chi connectivity index (χ4v) is 7.47. The minimum atomic E-state index is -1.41. The number of methoxy groups -OCH3 is 1. The number of benzene rings is 3. The molecule has 7 rings (SSSR count). The summed E-state index contributed by atoms with van der Waals surface area (Å²) in [5.41, 5.74) is 0.598. The molecule has 0 aliphatic carbocycles. The first-order chi connectivity index (χ1) is 17.5. The van der Waals surface area contributed by atoms with Crippen molar-refractivity contribution in [2.45, 2.75) is 29.8 Å². The van der Waals surface area contributed by atoms with E-state index in [0.29, 0.717) is 34.8 Å². The average Bonchev–Trinajstić information content (AvgIpc) is 3.62. The Labute approximate surface area is 208 Å². The van der Waals surface area contributed by atoms with Crippen LogP contribution in [0.3, 0.4) is 0 Å². The molecular weight excluding hydrogens is 454 g/mol. The van der Waals surface area contributed by atoms with Crippen LogP contribution >= 0.6 is 0 Å². The van der Waals surface area contributed by atoms with Gasteiger partial charge < -0.3 is 15.4 Å². The summed E-state index contributed by atoms with van der Waals surface area (Å²) in [5.74, 6) is -0.756. The zero-order valence-corrected chi connectivity index (χ0v) is 19.8. The van der Waals surface area contributed by atoms with Crippen molar-refractivity contribution in [1.29, 1.82) is 0 Å². The van der Waals surface area contributed by atoms with Gasteiger partial charge in [-0.15, -0.1) is 0 Å². The normalized spacial score (nSPS) is 29.7. The van der Waals surface area contributed by atoms with Crippen LogP contribution in [0.1, 0.15) is 34.3 Å². The highest BCUT2D eigenvalue weighted by Gasteiger charge is 2.81. The fraction of sp³-hybridized carbons (Fsp3) is 0.276. The van der Waals surface area contributed by atoms with Gasteiger partial charge in [-0.2, -0.15) is 0 Å². The van der Waals surface area contributed by atoms with Crippen molar-refractivity contribution in [3.8, 4) is 5.75 Å². The number of amides is 2. The van der Waals surface area contributed by atoms with Crippen LogP contribution in [0.15, 0.2) is 72.8 Å². The lowest BCUT2D eigenvalue weighted by Gasteiger charge is -2.43. The molecule has 4 heterocycles. The van der Waals surface area contributed by atoms with Crippen LogP contribution in [-0.4, -0.2) is 42.2 Å². The third kappa shape index (κ3) is 2.29. The number of ketones is 1. The number of ether oxygens (including phenoxy) is 1. The van der Waals surface area contributed by atoms with E-state index in [1.165, 1.54) is 0 Å². The maximum absolute atomic E-state index is 14.5. The van der Waals surface area contributed by atoms with E-state index >= 15 is 0 Å². The Bertz CT molecular complexity index is 1450. The second-order valence-corrected chi connectivity index (χ2v) is 9.99. The van der Waals surface area contributed by atoms with E-state index in [9.17, 15) is 14.4 Å². The van der Waals surface area contributed by atoms with Crippen LogP contribution in [0.25, 0.3) is 0 Å². The number of rotatable bonds is 3. The van der Waals surface area contributed by atoms with Crippen LogP contribution in [0.4, 0.5) is 11.4 Å². The van der Waals surface area contributed by atoms with Gasteiger partial charge in [0.2, 0.25) is 5.91 Å². The Morgan fingerprint density at radius 1 is 0.889 bits per heavy atom. The molecule has 36 heavy (non-hydrogen) atoms. The smallest absolute Gasteiger partial charge is 0.251 e. The number of carbonyl (C=O) groups excluding carboxylic acids is 3. The number of hydrogen-bond acceptors (Lipinski definition) is 5.